The summed E-state index contributed by atoms with van der Waals surface area (Å²) >= 11 is 0. The summed E-state index contributed by atoms with van der Waals surface area (Å²) in [6.07, 6.45) is 5.05. The van der Waals surface area contributed by atoms with E-state index in [-0.39, 0.29) is 17.9 Å². The van der Waals surface area contributed by atoms with Crippen LogP contribution in [0.25, 0.3) is 0 Å². The lowest BCUT2D eigenvalue weighted by Crippen LogP contribution is -2.55. The lowest BCUT2D eigenvalue weighted by Gasteiger charge is -2.35. The van der Waals surface area contributed by atoms with Crippen molar-refractivity contribution in [2.75, 3.05) is 26.2 Å². The average Bonchev–Trinajstić information content (AvgIpc) is 3.11. The highest BCUT2D eigenvalue weighted by Crippen LogP contribution is 2.14. The molecular weight excluding hydrogens is 318 g/mol. The Morgan fingerprint density at radius 2 is 1.92 bits per heavy atom. The van der Waals surface area contributed by atoms with Gasteiger partial charge in [-0.3, -0.25) is 20.0 Å². The molecule has 7 nitrogen and oxygen atoms in total. The smallest absolute Gasteiger partial charge is 0.241 e. The van der Waals surface area contributed by atoms with Gasteiger partial charge >= 0.3 is 0 Å². The van der Waals surface area contributed by atoms with Crippen molar-refractivity contribution in [1.82, 2.24) is 25.6 Å². The van der Waals surface area contributed by atoms with Crippen molar-refractivity contribution in [1.29, 1.82) is 0 Å². The zero-order valence-corrected chi connectivity index (χ0v) is 14.8. The molecule has 0 spiro atoms. The van der Waals surface area contributed by atoms with Crippen LogP contribution in [0.15, 0.2) is 24.4 Å². The van der Waals surface area contributed by atoms with Gasteiger partial charge in [0.15, 0.2) is 0 Å². The number of aromatic nitrogens is 1. The largest absolute Gasteiger partial charge is 0.339 e. The summed E-state index contributed by atoms with van der Waals surface area (Å²) < 4.78 is 0. The predicted octanol–water partition coefficient (Wildman–Crippen LogP) is 0.330. The number of nitrogens with one attached hydrogen (secondary N) is 2. The van der Waals surface area contributed by atoms with Crippen LogP contribution in [0.2, 0.25) is 0 Å². The first kappa shape index (κ1) is 17.8. The second-order valence-corrected chi connectivity index (χ2v) is 6.77. The van der Waals surface area contributed by atoms with Crippen molar-refractivity contribution >= 4 is 11.8 Å². The van der Waals surface area contributed by atoms with E-state index in [2.05, 4.69) is 22.8 Å². The van der Waals surface area contributed by atoms with Crippen LogP contribution in [0.5, 0.6) is 0 Å². The predicted molar refractivity (Wildman–Crippen MR) is 94.5 cm³/mol. The first-order valence-corrected chi connectivity index (χ1v) is 9.15. The van der Waals surface area contributed by atoms with Crippen molar-refractivity contribution in [2.45, 2.75) is 44.7 Å². The molecule has 0 bridgehead atoms. The average molecular weight is 345 g/mol. The number of hydrogen-bond acceptors (Lipinski definition) is 5. The molecule has 25 heavy (non-hydrogen) atoms. The van der Waals surface area contributed by atoms with E-state index in [4.69, 9.17) is 0 Å². The molecule has 136 valence electrons. The van der Waals surface area contributed by atoms with E-state index in [1.165, 1.54) is 0 Å². The lowest BCUT2D eigenvalue weighted by atomic mass is 10.0. The van der Waals surface area contributed by atoms with E-state index >= 15 is 0 Å². The maximum Gasteiger partial charge on any atom is 0.241 e. The molecule has 0 radical (unpaired) electrons. The maximum atomic E-state index is 12.6. The molecule has 3 heterocycles. The molecule has 2 aliphatic rings. The van der Waals surface area contributed by atoms with Gasteiger partial charge in [0.05, 0.1) is 6.42 Å². The summed E-state index contributed by atoms with van der Waals surface area (Å²) in [5.41, 5.74) is 7.12. The normalized spacial score (nSPS) is 23.7. The fourth-order valence-corrected chi connectivity index (χ4v) is 3.49. The van der Waals surface area contributed by atoms with Crippen LogP contribution in [0, 0.1) is 0 Å². The molecular formula is C18H27N5O2. The van der Waals surface area contributed by atoms with Gasteiger partial charge in [0.2, 0.25) is 11.8 Å². The van der Waals surface area contributed by atoms with Gasteiger partial charge < -0.3 is 9.80 Å². The van der Waals surface area contributed by atoms with Crippen molar-refractivity contribution in [3.05, 3.63) is 30.1 Å². The fraction of sp³-hybridized carbons (Fsp3) is 0.611. The molecule has 0 aromatic carbocycles. The second-order valence-electron chi connectivity index (χ2n) is 6.77. The van der Waals surface area contributed by atoms with E-state index in [0.29, 0.717) is 38.6 Å². The van der Waals surface area contributed by atoms with Crippen LogP contribution in [0.3, 0.4) is 0 Å². The summed E-state index contributed by atoms with van der Waals surface area (Å²) in [6, 6.07) is 5.83. The number of nitrogens with zero attached hydrogens (tertiary/aromatic N) is 3. The molecule has 2 fully saturated rings. The van der Waals surface area contributed by atoms with Gasteiger partial charge in [-0.2, -0.15) is 0 Å². The summed E-state index contributed by atoms with van der Waals surface area (Å²) in [5, 5.41) is 0. The van der Waals surface area contributed by atoms with Crippen LogP contribution in [-0.4, -0.2) is 64.9 Å². The molecule has 2 aliphatic heterocycles. The molecule has 7 heteroatoms. The van der Waals surface area contributed by atoms with Crippen LogP contribution in [0.1, 0.15) is 31.9 Å². The van der Waals surface area contributed by atoms with Crippen LogP contribution < -0.4 is 10.9 Å². The van der Waals surface area contributed by atoms with Gasteiger partial charge in [-0.1, -0.05) is 19.4 Å². The second kappa shape index (κ2) is 8.40. The van der Waals surface area contributed by atoms with Crippen LogP contribution in [-0.2, 0) is 16.0 Å². The minimum atomic E-state index is -0.146. The zero-order chi connectivity index (χ0) is 17.6. The Hall–Kier alpha value is -1.99. The van der Waals surface area contributed by atoms with E-state index < -0.39 is 0 Å². The van der Waals surface area contributed by atoms with E-state index in [9.17, 15) is 9.59 Å². The summed E-state index contributed by atoms with van der Waals surface area (Å²) in [6.45, 7) is 4.54. The Morgan fingerprint density at radius 3 is 2.60 bits per heavy atom. The lowest BCUT2D eigenvalue weighted by molar-refractivity contribution is -0.140. The van der Waals surface area contributed by atoms with Crippen LogP contribution >= 0.6 is 0 Å². The number of hydrogen-bond donors (Lipinski definition) is 2. The molecule has 0 saturated carbocycles. The third kappa shape index (κ3) is 4.55. The highest BCUT2D eigenvalue weighted by molar-refractivity contribution is 5.83. The maximum absolute atomic E-state index is 12.6. The molecule has 1 aromatic heterocycles. The number of pyridine rings is 1. The molecule has 2 saturated heterocycles. The molecule has 0 aliphatic carbocycles. The molecule has 1 aromatic rings. The number of rotatable bonds is 5. The topological polar surface area (TPSA) is 77.6 Å². The Bertz CT molecular complexity index is 586. The number of amides is 2. The number of piperazine rings is 1. The quantitative estimate of drug-likeness (QED) is 0.804. The highest BCUT2D eigenvalue weighted by Gasteiger charge is 2.33. The van der Waals surface area contributed by atoms with Crippen molar-refractivity contribution in [2.24, 2.45) is 0 Å². The van der Waals surface area contributed by atoms with Gasteiger partial charge in [-0.05, 0) is 25.0 Å². The van der Waals surface area contributed by atoms with Crippen molar-refractivity contribution in [3.8, 4) is 0 Å². The van der Waals surface area contributed by atoms with E-state index in [0.717, 1.165) is 25.0 Å². The first-order chi connectivity index (χ1) is 12.2. The Balaban J connectivity index is 1.45. The van der Waals surface area contributed by atoms with Crippen LogP contribution in [0.4, 0.5) is 0 Å². The number of carbonyl (C=O) groups is 2. The Morgan fingerprint density at radius 1 is 1.16 bits per heavy atom. The molecule has 2 atom stereocenters. The summed E-state index contributed by atoms with van der Waals surface area (Å²) in [5.74, 6) is 0.220. The molecule has 2 unspecified atom stereocenters. The zero-order valence-electron chi connectivity index (χ0n) is 14.8. The minimum Gasteiger partial charge on any atom is -0.339 e. The molecule has 3 rings (SSSR count). The number of hydrazine groups is 1. The third-order valence-corrected chi connectivity index (χ3v) is 4.92. The summed E-state index contributed by atoms with van der Waals surface area (Å²) in [7, 11) is 0. The van der Waals surface area contributed by atoms with Crippen molar-refractivity contribution < 1.29 is 9.59 Å². The first-order valence-electron chi connectivity index (χ1n) is 9.15. The monoisotopic (exact) mass is 345 g/mol. The van der Waals surface area contributed by atoms with Gasteiger partial charge in [0.25, 0.3) is 0 Å². The van der Waals surface area contributed by atoms with E-state index in [1.807, 2.05) is 28.0 Å². The molecule has 2 N–H and O–H groups in total. The third-order valence-electron chi connectivity index (χ3n) is 4.92. The van der Waals surface area contributed by atoms with Gasteiger partial charge in [0, 0.05) is 44.1 Å². The highest BCUT2D eigenvalue weighted by atomic mass is 16.2. The van der Waals surface area contributed by atoms with Gasteiger partial charge in [-0.15, -0.1) is 0 Å². The SMILES string of the molecule is CCCC1CC(C(=O)N2CCN(C(=O)Cc3ccccn3)CC2)NN1. The van der Waals surface area contributed by atoms with Gasteiger partial charge in [0.1, 0.15) is 6.04 Å². The molecule has 2 amide bonds. The Labute approximate surface area is 148 Å². The van der Waals surface area contributed by atoms with Gasteiger partial charge in [-0.25, -0.2) is 5.43 Å². The number of carbonyl (C=O) groups excluding carboxylic acids is 2. The van der Waals surface area contributed by atoms with E-state index in [1.54, 1.807) is 6.20 Å². The minimum absolute atomic E-state index is 0.0782. The Kier molecular flexibility index (Phi) is 5.99. The fourth-order valence-electron chi connectivity index (χ4n) is 3.49. The van der Waals surface area contributed by atoms with Crippen molar-refractivity contribution in [3.63, 3.8) is 0 Å². The summed E-state index contributed by atoms with van der Waals surface area (Å²) in [4.78, 5) is 32.9. The standard InChI is InChI=1S/C18H27N5O2/c1-2-5-15-12-16(21-20-15)18(25)23-10-8-22(9-11-23)17(24)13-14-6-3-4-7-19-14/h3-4,6-7,15-16,20-21H,2,5,8-13H2,1H3.